The fraction of sp³-hybridized carbons (Fsp3) is 0.636. The van der Waals surface area contributed by atoms with E-state index in [2.05, 4.69) is 16.3 Å². The van der Waals surface area contributed by atoms with Crippen LogP contribution in [0.15, 0.2) is 18.2 Å². The number of morpholine rings is 1. The molecule has 0 spiro atoms. The zero-order valence-corrected chi connectivity index (χ0v) is 17.8. The number of esters is 1. The quantitative estimate of drug-likeness (QED) is 0.600. The highest BCUT2D eigenvalue weighted by Crippen LogP contribution is 2.31. The predicted molar refractivity (Wildman–Crippen MR) is 110 cm³/mol. The van der Waals surface area contributed by atoms with Gasteiger partial charge in [-0.25, -0.2) is 0 Å². The molecule has 0 bridgehead atoms. The second kappa shape index (κ2) is 9.24. The highest BCUT2D eigenvalue weighted by molar-refractivity contribution is 6.05. The standard InChI is InChI=1S/C22H32N2O5/c1-22(2,3)29-21(26)17-8-7-15-5-6-16(13-18(15)23-20(17)25)19(14-27-4)24-9-11-28-12-10-24/h5-6,13,17,19H,7-12,14H2,1-4H3,(H,23,25)/t17-,19?/m0/s1. The van der Waals surface area contributed by atoms with E-state index in [0.717, 1.165) is 29.9 Å². The number of ether oxygens (including phenoxy) is 3. The van der Waals surface area contributed by atoms with Crippen LogP contribution >= 0.6 is 0 Å². The van der Waals surface area contributed by atoms with Gasteiger partial charge in [-0.2, -0.15) is 0 Å². The lowest BCUT2D eigenvalue weighted by molar-refractivity contribution is -0.161. The van der Waals surface area contributed by atoms with Crippen LogP contribution in [0.1, 0.15) is 44.4 Å². The van der Waals surface area contributed by atoms with E-state index < -0.39 is 17.5 Å². The van der Waals surface area contributed by atoms with Crippen molar-refractivity contribution in [2.75, 3.05) is 45.3 Å². The van der Waals surface area contributed by atoms with Gasteiger partial charge in [-0.1, -0.05) is 12.1 Å². The molecule has 2 aliphatic heterocycles. The topological polar surface area (TPSA) is 77.1 Å². The van der Waals surface area contributed by atoms with Gasteiger partial charge in [0.05, 0.1) is 25.9 Å². The smallest absolute Gasteiger partial charge is 0.319 e. The van der Waals surface area contributed by atoms with Gasteiger partial charge in [0.2, 0.25) is 5.91 Å². The number of hydrogen-bond donors (Lipinski definition) is 1. The number of amides is 1. The molecule has 3 rings (SSSR count). The fourth-order valence-corrected chi connectivity index (χ4v) is 3.84. The van der Waals surface area contributed by atoms with Crippen molar-refractivity contribution in [3.05, 3.63) is 29.3 Å². The lowest BCUT2D eigenvalue weighted by Gasteiger charge is -2.34. The number of hydrogen-bond acceptors (Lipinski definition) is 6. The van der Waals surface area contributed by atoms with Crippen molar-refractivity contribution in [3.8, 4) is 0 Å². The van der Waals surface area contributed by atoms with Crippen molar-refractivity contribution in [1.82, 2.24) is 4.90 Å². The second-order valence-corrected chi connectivity index (χ2v) is 8.65. The number of nitrogens with zero attached hydrogens (tertiary/aromatic N) is 1. The van der Waals surface area contributed by atoms with E-state index in [-0.39, 0.29) is 11.9 Å². The van der Waals surface area contributed by atoms with Gasteiger partial charge in [0.1, 0.15) is 11.5 Å². The van der Waals surface area contributed by atoms with Crippen LogP contribution in [-0.2, 0) is 30.2 Å². The molecular formula is C22H32N2O5. The minimum absolute atomic E-state index is 0.0935. The van der Waals surface area contributed by atoms with Gasteiger partial charge in [-0.3, -0.25) is 14.5 Å². The Morgan fingerprint density at radius 1 is 1.31 bits per heavy atom. The van der Waals surface area contributed by atoms with Crippen LogP contribution in [0, 0.1) is 5.92 Å². The minimum atomic E-state index is -0.793. The summed E-state index contributed by atoms with van der Waals surface area (Å²) in [5.74, 6) is -1.56. The third kappa shape index (κ3) is 5.56. The molecule has 1 aromatic rings. The summed E-state index contributed by atoms with van der Waals surface area (Å²) in [5.41, 5.74) is 2.28. The molecule has 160 valence electrons. The van der Waals surface area contributed by atoms with Crippen LogP contribution in [0.5, 0.6) is 0 Å². The second-order valence-electron chi connectivity index (χ2n) is 8.65. The minimum Gasteiger partial charge on any atom is -0.459 e. The molecule has 0 radical (unpaired) electrons. The van der Waals surface area contributed by atoms with E-state index in [0.29, 0.717) is 32.7 Å². The molecule has 1 N–H and O–H groups in total. The highest BCUT2D eigenvalue weighted by atomic mass is 16.6. The summed E-state index contributed by atoms with van der Waals surface area (Å²) in [5, 5.41) is 2.96. The SMILES string of the molecule is COCC(c1ccc2c(c1)NC(=O)[C@@H](C(=O)OC(C)(C)C)CC2)N1CCOCC1. The molecule has 2 atom stereocenters. The first-order valence-corrected chi connectivity index (χ1v) is 10.3. The van der Waals surface area contributed by atoms with Crippen LogP contribution in [0.4, 0.5) is 5.69 Å². The average molecular weight is 405 g/mol. The number of benzene rings is 1. The van der Waals surface area contributed by atoms with Gasteiger partial charge < -0.3 is 19.5 Å². The average Bonchev–Trinajstić information content (AvgIpc) is 2.83. The summed E-state index contributed by atoms with van der Waals surface area (Å²) >= 11 is 0. The van der Waals surface area contributed by atoms with E-state index in [1.165, 1.54) is 0 Å². The van der Waals surface area contributed by atoms with E-state index in [4.69, 9.17) is 14.2 Å². The molecule has 7 nitrogen and oxygen atoms in total. The number of methoxy groups -OCH3 is 1. The summed E-state index contributed by atoms with van der Waals surface area (Å²) in [6, 6.07) is 6.25. The number of anilines is 1. The van der Waals surface area contributed by atoms with Gasteiger partial charge in [-0.15, -0.1) is 0 Å². The summed E-state index contributed by atoms with van der Waals surface area (Å²) in [7, 11) is 1.70. The Balaban J connectivity index is 1.79. The molecular weight excluding hydrogens is 372 g/mol. The molecule has 29 heavy (non-hydrogen) atoms. The van der Waals surface area contributed by atoms with E-state index >= 15 is 0 Å². The number of carbonyl (C=O) groups excluding carboxylic acids is 2. The third-order valence-corrected chi connectivity index (χ3v) is 5.30. The molecule has 2 heterocycles. The Hall–Kier alpha value is -1.96. The summed E-state index contributed by atoms with van der Waals surface area (Å²) in [6.45, 7) is 9.09. The zero-order valence-electron chi connectivity index (χ0n) is 17.8. The van der Waals surface area contributed by atoms with Gasteiger partial charge in [0, 0.05) is 25.9 Å². The summed E-state index contributed by atoms with van der Waals surface area (Å²) in [4.78, 5) is 27.6. The largest absolute Gasteiger partial charge is 0.459 e. The third-order valence-electron chi connectivity index (χ3n) is 5.30. The normalized spacial score (nSPS) is 21.7. The van der Waals surface area contributed by atoms with Crippen LogP contribution in [0.3, 0.4) is 0 Å². The van der Waals surface area contributed by atoms with Crippen molar-refractivity contribution in [3.63, 3.8) is 0 Å². The number of carbonyl (C=O) groups is 2. The lowest BCUT2D eigenvalue weighted by atomic mass is 9.98. The van der Waals surface area contributed by atoms with Crippen LogP contribution in [-0.4, -0.2) is 62.4 Å². The molecule has 2 aliphatic rings. The van der Waals surface area contributed by atoms with Crippen molar-refractivity contribution in [1.29, 1.82) is 0 Å². The van der Waals surface area contributed by atoms with Crippen LogP contribution < -0.4 is 5.32 Å². The maximum atomic E-state index is 12.7. The van der Waals surface area contributed by atoms with Gasteiger partial charge in [0.25, 0.3) is 0 Å². The Bertz CT molecular complexity index is 737. The highest BCUT2D eigenvalue weighted by Gasteiger charge is 2.34. The predicted octanol–water partition coefficient (Wildman–Crippen LogP) is 2.55. The first kappa shape index (κ1) is 21.7. The van der Waals surface area contributed by atoms with Gasteiger partial charge in [0.15, 0.2) is 0 Å². The fourth-order valence-electron chi connectivity index (χ4n) is 3.84. The van der Waals surface area contributed by atoms with Gasteiger partial charge >= 0.3 is 5.97 Å². The van der Waals surface area contributed by atoms with E-state index in [9.17, 15) is 9.59 Å². The summed E-state index contributed by atoms with van der Waals surface area (Å²) in [6.07, 6.45) is 1.09. The van der Waals surface area contributed by atoms with Crippen molar-refractivity contribution < 1.29 is 23.8 Å². The van der Waals surface area contributed by atoms with Gasteiger partial charge in [-0.05, 0) is 50.8 Å². The molecule has 1 fully saturated rings. The van der Waals surface area contributed by atoms with Crippen LogP contribution in [0.25, 0.3) is 0 Å². The number of aryl methyl sites for hydroxylation is 1. The molecule has 1 aromatic carbocycles. The van der Waals surface area contributed by atoms with Crippen molar-refractivity contribution in [2.24, 2.45) is 5.92 Å². The Morgan fingerprint density at radius 2 is 2.03 bits per heavy atom. The first-order chi connectivity index (χ1) is 13.8. The van der Waals surface area contributed by atoms with Crippen molar-refractivity contribution >= 4 is 17.6 Å². The van der Waals surface area contributed by atoms with Crippen LogP contribution in [0.2, 0.25) is 0 Å². The molecule has 0 aliphatic carbocycles. The molecule has 1 unspecified atom stereocenters. The molecule has 7 heteroatoms. The maximum Gasteiger partial charge on any atom is 0.319 e. The Kier molecular flexibility index (Phi) is 6.93. The molecule has 0 aromatic heterocycles. The lowest BCUT2D eigenvalue weighted by Crippen LogP contribution is -2.40. The van der Waals surface area contributed by atoms with E-state index in [1.807, 2.05) is 32.9 Å². The molecule has 1 amide bonds. The van der Waals surface area contributed by atoms with Crippen molar-refractivity contribution in [2.45, 2.75) is 45.3 Å². The first-order valence-electron chi connectivity index (χ1n) is 10.3. The molecule has 1 saturated heterocycles. The number of rotatable bonds is 5. The number of fused-ring (bicyclic) bond motifs is 1. The Labute approximate surface area is 172 Å². The molecule has 0 saturated carbocycles. The maximum absolute atomic E-state index is 12.7. The number of nitrogens with one attached hydrogen (secondary N) is 1. The zero-order chi connectivity index (χ0) is 21.0. The van der Waals surface area contributed by atoms with E-state index in [1.54, 1.807) is 7.11 Å². The monoisotopic (exact) mass is 404 g/mol. The Morgan fingerprint density at radius 3 is 2.69 bits per heavy atom. The summed E-state index contributed by atoms with van der Waals surface area (Å²) < 4.78 is 16.4.